The smallest absolute Gasteiger partial charge is 0.295 e. The van der Waals surface area contributed by atoms with Gasteiger partial charge in [0.1, 0.15) is 18.1 Å². The number of aryl methyl sites for hydroxylation is 1. The van der Waals surface area contributed by atoms with Gasteiger partial charge >= 0.3 is 0 Å². The van der Waals surface area contributed by atoms with Gasteiger partial charge in [0.05, 0.1) is 18.2 Å². The second kappa shape index (κ2) is 12.7. The van der Waals surface area contributed by atoms with E-state index in [9.17, 15) is 19.8 Å². The van der Waals surface area contributed by atoms with Crippen LogP contribution >= 0.6 is 0 Å². The van der Waals surface area contributed by atoms with Gasteiger partial charge in [0.15, 0.2) is 11.5 Å². The molecule has 1 unspecified atom stereocenters. The summed E-state index contributed by atoms with van der Waals surface area (Å²) in [4.78, 5) is 30.0. The van der Waals surface area contributed by atoms with E-state index in [1.165, 1.54) is 11.0 Å². The predicted octanol–water partition coefficient (Wildman–Crippen LogP) is 5.05. The molecular weight excluding hydrogens is 508 g/mol. The first-order valence-corrected chi connectivity index (χ1v) is 13.4. The molecule has 0 radical (unpaired) electrons. The van der Waals surface area contributed by atoms with Crippen molar-refractivity contribution in [1.82, 2.24) is 9.80 Å². The number of aromatic hydroxyl groups is 1. The second-order valence-electron chi connectivity index (χ2n) is 10.0. The van der Waals surface area contributed by atoms with E-state index in [1.807, 2.05) is 50.2 Å². The van der Waals surface area contributed by atoms with Gasteiger partial charge in [-0.1, -0.05) is 30.3 Å². The number of carbonyl (C=O) groups excluding carboxylic acids is 2. The molecule has 1 fully saturated rings. The van der Waals surface area contributed by atoms with Crippen molar-refractivity contribution in [3.63, 3.8) is 0 Å². The SMILES string of the molecule is CCOc1cc(C2/C(=C(\O)c3ccc(OCc4ccccc4C)cc3)C(=O)C(=O)N2CCCN(C)C)ccc1O. The Morgan fingerprint density at radius 2 is 1.73 bits per heavy atom. The van der Waals surface area contributed by atoms with Gasteiger partial charge in [-0.25, -0.2) is 0 Å². The van der Waals surface area contributed by atoms with Crippen molar-refractivity contribution >= 4 is 17.4 Å². The van der Waals surface area contributed by atoms with E-state index in [0.29, 0.717) is 43.1 Å². The molecule has 3 aromatic carbocycles. The summed E-state index contributed by atoms with van der Waals surface area (Å²) in [5, 5.41) is 21.6. The van der Waals surface area contributed by atoms with E-state index in [4.69, 9.17) is 9.47 Å². The van der Waals surface area contributed by atoms with Crippen LogP contribution in [0.4, 0.5) is 0 Å². The molecule has 1 atom stereocenters. The number of rotatable bonds is 11. The lowest BCUT2D eigenvalue weighted by molar-refractivity contribution is -0.139. The Morgan fingerprint density at radius 1 is 1.00 bits per heavy atom. The monoisotopic (exact) mass is 544 g/mol. The van der Waals surface area contributed by atoms with Gasteiger partial charge in [0.2, 0.25) is 0 Å². The Balaban J connectivity index is 1.68. The fourth-order valence-electron chi connectivity index (χ4n) is 4.78. The maximum absolute atomic E-state index is 13.3. The fraction of sp³-hybridized carbons (Fsp3) is 0.312. The predicted molar refractivity (Wildman–Crippen MR) is 153 cm³/mol. The van der Waals surface area contributed by atoms with E-state index in [2.05, 4.69) is 0 Å². The van der Waals surface area contributed by atoms with Crippen LogP contribution in [0.15, 0.2) is 72.3 Å². The number of phenols is 1. The van der Waals surface area contributed by atoms with Crippen LogP contribution in [0.5, 0.6) is 17.2 Å². The molecule has 2 N–H and O–H groups in total. The number of hydrogen-bond donors (Lipinski definition) is 2. The van der Waals surface area contributed by atoms with E-state index in [0.717, 1.165) is 17.7 Å². The lowest BCUT2D eigenvalue weighted by Gasteiger charge is -2.26. The van der Waals surface area contributed by atoms with Gasteiger partial charge in [-0.3, -0.25) is 9.59 Å². The van der Waals surface area contributed by atoms with Crippen LogP contribution in [0.25, 0.3) is 5.76 Å². The number of benzene rings is 3. The number of carbonyl (C=O) groups is 2. The number of Topliss-reactive ketones (excluding diaryl/α,β-unsaturated/α-hetero) is 1. The number of phenolic OH excluding ortho intramolecular Hbond substituents is 1. The molecule has 0 spiro atoms. The molecule has 8 heteroatoms. The van der Waals surface area contributed by atoms with Crippen LogP contribution in [0, 0.1) is 6.92 Å². The molecule has 1 aliphatic rings. The van der Waals surface area contributed by atoms with Gasteiger partial charge in [0.25, 0.3) is 11.7 Å². The molecule has 0 bridgehead atoms. The lowest BCUT2D eigenvalue weighted by atomic mass is 9.95. The first-order valence-electron chi connectivity index (χ1n) is 13.4. The van der Waals surface area contributed by atoms with Crippen LogP contribution in [-0.2, 0) is 16.2 Å². The number of ketones is 1. The topological polar surface area (TPSA) is 99.5 Å². The van der Waals surface area contributed by atoms with Crippen LogP contribution in [0.2, 0.25) is 0 Å². The largest absolute Gasteiger partial charge is 0.507 e. The highest BCUT2D eigenvalue weighted by Gasteiger charge is 2.46. The highest BCUT2D eigenvalue weighted by Crippen LogP contribution is 2.42. The third-order valence-electron chi connectivity index (χ3n) is 6.93. The van der Waals surface area contributed by atoms with Gasteiger partial charge in [-0.15, -0.1) is 0 Å². The Kier molecular flexibility index (Phi) is 9.11. The van der Waals surface area contributed by atoms with Crippen molar-refractivity contribution in [1.29, 1.82) is 0 Å². The summed E-state index contributed by atoms with van der Waals surface area (Å²) in [6.45, 7) is 5.60. The van der Waals surface area contributed by atoms with Crippen molar-refractivity contribution in [2.75, 3.05) is 33.8 Å². The molecule has 3 aromatic rings. The Labute approximate surface area is 235 Å². The summed E-state index contributed by atoms with van der Waals surface area (Å²) < 4.78 is 11.5. The van der Waals surface area contributed by atoms with Crippen molar-refractivity contribution in [3.05, 3.63) is 94.6 Å². The summed E-state index contributed by atoms with van der Waals surface area (Å²) in [6.07, 6.45) is 0.639. The van der Waals surface area contributed by atoms with Gasteiger partial charge in [0, 0.05) is 12.1 Å². The van der Waals surface area contributed by atoms with Crippen LogP contribution in [0.1, 0.15) is 41.6 Å². The van der Waals surface area contributed by atoms with Crippen molar-refractivity contribution in [3.8, 4) is 17.2 Å². The molecule has 1 heterocycles. The number of hydrogen-bond acceptors (Lipinski definition) is 7. The average Bonchev–Trinajstić information content (AvgIpc) is 3.19. The first-order chi connectivity index (χ1) is 19.2. The number of likely N-dealkylation sites (tertiary alicyclic amines) is 1. The summed E-state index contributed by atoms with van der Waals surface area (Å²) in [5.41, 5.74) is 3.16. The molecule has 0 aromatic heterocycles. The standard InChI is InChI=1S/C32H36N2O6/c1-5-39-27-19-23(13-16-26(27)35)29-28(31(37)32(38)34(29)18-8-17-33(3)4)30(36)22-11-14-25(15-12-22)40-20-24-10-7-6-9-21(24)2/h6-7,9-16,19,29,35-36H,5,8,17-18,20H2,1-4H3/b30-28+. The number of aliphatic hydroxyl groups excluding tert-OH is 1. The highest BCUT2D eigenvalue weighted by molar-refractivity contribution is 6.46. The van der Waals surface area contributed by atoms with Crippen LogP contribution < -0.4 is 9.47 Å². The Morgan fingerprint density at radius 3 is 2.40 bits per heavy atom. The maximum atomic E-state index is 13.3. The molecule has 4 rings (SSSR count). The van der Waals surface area contributed by atoms with E-state index in [-0.39, 0.29) is 22.8 Å². The van der Waals surface area contributed by atoms with Crippen molar-refractivity contribution in [2.45, 2.75) is 32.9 Å². The van der Waals surface area contributed by atoms with Crippen molar-refractivity contribution < 1.29 is 29.3 Å². The highest BCUT2D eigenvalue weighted by atomic mass is 16.5. The summed E-state index contributed by atoms with van der Waals surface area (Å²) in [6, 6.07) is 18.7. The van der Waals surface area contributed by atoms with Gasteiger partial charge < -0.3 is 29.5 Å². The number of nitrogens with zero attached hydrogens (tertiary/aromatic N) is 2. The molecule has 1 saturated heterocycles. The number of amides is 1. The van der Waals surface area contributed by atoms with Gasteiger partial charge in [-0.05, 0) is 94.0 Å². The Bertz CT molecular complexity index is 1400. The summed E-state index contributed by atoms with van der Waals surface area (Å²) in [7, 11) is 3.88. The number of aliphatic hydroxyl groups is 1. The number of ether oxygens (including phenoxy) is 2. The molecular formula is C32H36N2O6. The first kappa shape index (κ1) is 28.7. The van der Waals surface area contributed by atoms with Crippen LogP contribution in [-0.4, -0.2) is 65.5 Å². The minimum Gasteiger partial charge on any atom is -0.507 e. The molecule has 40 heavy (non-hydrogen) atoms. The van der Waals surface area contributed by atoms with Crippen LogP contribution in [0.3, 0.4) is 0 Å². The van der Waals surface area contributed by atoms with E-state index >= 15 is 0 Å². The minimum absolute atomic E-state index is 0.00318. The molecule has 0 saturated carbocycles. The summed E-state index contributed by atoms with van der Waals surface area (Å²) in [5.74, 6) is -0.881. The zero-order valence-electron chi connectivity index (χ0n) is 23.4. The third kappa shape index (κ3) is 6.29. The van der Waals surface area contributed by atoms with E-state index < -0.39 is 17.7 Å². The molecule has 8 nitrogen and oxygen atoms in total. The molecule has 210 valence electrons. The normalized spacial score (nSPS) is 16.5. The zero-order valence-corrected chi connectivity index (χ0v) is 23.4. The zero-order chi connectivity index (χ0) is 28.8. The van der Waals surface area contributed by atoms with Gasteiger partial charge in [-0.2, -0.15) is 0 Å². The van der Waals surface area contributed by atoms with Crippen molar-refractivity contribution in [2.24, 2.45) is 0 Å². The third-order valence-corrected chi connectivity index (χ3v) is 6.93. The molecule has 0 aliphatic carbocycles. The minimum atomic E-state index is -0.834. The Hall–Kier alpha value is -4.30. The average molecular weight is 545 g/mol. The second-order valence-corrected chi connectivity index (χ2v) is 10.0. The van der Waals surface area contributed by atoms with E-state index in [1.54, 1.807) is 43.3 Å². The lowest BCUT2D eigenvalue weighted by Crippen LogP contribution is -2.32. The fourth-order valence-corrected chi connectivity index (χ4v) is 4.78. The quantitative estimate of drug-likeness (QED) is 0.198. The molecule has 1 aliphatic heterocycles. The maximum Gasteiger partial charge on any atom is 0.295 e. The molecule has 1 amide bonds. The summed E-state index contributed by atoms with van der Waals surface area (Å²) >= 11 is 0.